The molecule has 0 aliphatic heterocycles. The molecule has 0 fully saturated rings. The van der Waals surface area contributed by atoms with Gasteiger partial charge in [0.05, 0.1) is 13.2 Å². The molecule has 0 radical (unpaired) electrons. The monoisotopic (exact) mass is 294 g/mol. The summed E-state index contributed by atoms with van der Waals surface area (Å²) >= 11 is 5.94. The van der Waals surface area contributed by atoms with Crippen LogP contribution in [0.15, 0.2) is 42.5 Å². The minimum Gasteiger partial charge on any atom is -0.496 e. The minimum absolute atomic E-state index is 0.191. The van der Waals surface area contributed by atoms with Crippen molar-refractivity contribution in [1.29, 1.82) is 0 Å². The van der Waals surface area contributed by atoms with Crippen molar-refractivity contribution < 1.29 is 9.13 Å². The SMILES string of the molecule is COc1cc(Cl)ccc1C(Cc1cccc(F)c1)NN. The fourth-order valence-corrected chi connectivity index (χ4v) is 2.29. The number of rotatable bonds is 5. The molecule has 3 N–H and O–H groups in total. The Labute approximate surface area is 122 Å². The quantitative estimate of drug-likeness (QED) is 0.657. The van der Waals surface area contributed by atoms with Crippen molar-refractivity contribution in [3.05, 3.63) is 64.4 Å². The predicted molar refractivity (Wildman–Crippen MR) is 78.2 cm³/mol. The molecule has 20 heavy (non-hydrogen) atoms. The molecule has 1 atom stereocenters. The van der Waals surface area contributed by atoms with Gasteiger partial charge < -0.3 is 4.74 Å². The van der Waals surface area contributed by atoms with Crippen LogP contribution in [0.3, 0.4) is 0 Å². The normalized spacial score (nSPS) is 12.2. The van der Waals surface area contributed by atoms with Crippen molar-refractivity contribution in [3.8, 4) is 5.75 Å². The van der Waals surface area contributed by atoms with Gasteiger partial charge in [-0.1, -0.05) is 29.8 Å². The molecule has 2 aromatic rings. The van der Waals surface area contributed by atoms with E-state index in [0.717, 1.165) is 11.1 Å². The van der Waals surface area contributed by atoms with Crippen molar-refractivity contribution >= 4 is 11.6 Å². The summed E-state index contributed by atoms with van der Waals surface area (Å²) in [5.74, 6) is 6.01. The first-order chi connectivity index (χ1) is 9.63. The molecule has 2 aromatic carbocycles. The average molecular weight is 295 g/mol. The molecule has 0 saturated heterocycles. The lowest BCUT2D eigenvalue weighted by atomic mass is 9.98. The molecule has 2 rings (SSSR count). The van der Waals surface area contributed by atoms with E-state index in [0.29, 0.717) is 17.2 Å². The van der Waals surface area contributed by atoms with E-state index in [1.807, 2.05) is 12.1 Å². The van der Waals surface area contributed by atoms with Crippen LogP contribution < -0.4 is 16.0 Å². The van der Waals surface area contributed by atoms with Crippen molar-refractivity contribution in [2.24, 2.45) is 5.84 Å². The first kappa shape index (κ1) is 14.8. The minimum atomic E-state index is -0.263. The van der Waals surface area contributed by atoms with Crippen LogP contribution in [0.2, 0.25) is 5.02 Å². The van der Waals surface area contributed by atoms with Gasteiger partial charge in [-0.2, -0.15) is 0 Å². The Hall–Kier alpha value is -1.62. The van der Waals surface area contributed by atoms with Crippen LogP contribution >= 0.6 is 11.6 Å². The van der Waals surface area contributed by atoms with Gasteiger partial charge in [-0.25, -0.2) is 4.39 Å². The van der Waals surface area contributed by atoms with Crippen molar-refractivity contribution in [2.45, 2.75) is 12.5 Å². The first-order valence-electron chi connectivity index (χ1n) is 6.18. The van der Waals surface area contributed by atoms with Gasteiger partial charge in [0.25, 0.3) is 0 Å². The lowest BCUT2D eigenvalue weighted by molar-refractivity contribution is 0.399. The predicted octanol–water partition coefficient (Wildman–Crippen LogP) is 3.23. The lowest BCUT2D eigenvalue weighted by Crippen LogP contribution is -2.30. The lowest BCUT2D eigenvalue weighted by Gasteiger charge is -2.19. The summed E-state index contributed by atoms with van der Waals surface area (Å²) in [6, 6.07) is 11.6. The largest absolute Gasteiger partial charge is 0.496 e. The van der Waals surface area contributed by atoms with E-state index in [1.54, 1.807) is 25.3 Å². The van der Waals surface area contributed by atoms with Gasteiger partial charge in [-0.05, 0) is 36.2 Å². The zero-order valence-corrected chi connectivity index (χ0v) is 11.8. The number of halogens is 2. The molecule has 1 unspecified atom stereocenters. The molecule has 0 heterocycles. The van der Waals surface area contributed by atoms with E-state index in [1.165, 1.54) is 12.1 Å². The van der Waals surface area contributed by atoms with Crippen LogP contribution in [0.5, 0.6) is 5.75 Å². The highest BCUT2D eigenvalue weighted by atomic mass is 35.5. The van der Waals surface area contributed by atoms with Crippen LogP contribution in [0.25, 0.3) is 0 Å². The summed E-state index contributed by atoms with van der Waals surface area (Å²) in [4.78, 5) is 0. The number of methoxy groups -OCH3 is 1. The van der Waals surface area contributed by atoms with Crippen LogP contribution in [-0.2, 0) is 6.42 Å². The molecule has 0 amide bonds. The second-order valence-corrected chi connectivity index (χ2v) is 4.88. The Morgan fingerprint density at radius 3 is 2.75 bits per heavy atom. The van der Waals surface area contributed by atoms with Gasteiger partial charge in [-0.15, -0.1) is 0 Å². The molecule has 106 valence electrons. The van der Waals surface area contributed by atoms with Gasteiger partial charge in [0.15, 0.2) is 0 Å². The van der Waals surface area contributed by atoms with Gasteiger partial charge in [-0.3, -0.25) is 11.3 Å². The molecule has 0 saturated carbocycles. The summed E-state index contributed by atoms with van der Waals surface area (Å²) in [6.45, 7) is 0. The average Bonchev–Trinajstić information content (AvgIpc) is 2.45. The molecule has 0 aliphatic rings. The summed E-state index contributed by atoms with van der Waals surface area (Å²) < 4.78 is 18.5. The van der Waals surface area contributed by atoms with Crippen LogP contribution in [-0.4, -0.2) is 7.11 Å². The zero-order chi connectivity index (χ0) is 14.5. The number of benzene rings is 2. The first-order valence-corrected chi connectivity index (χ1v) is 6.56. The number of hydrogen-bond donors (Lipinski definition) is 2. The molecule has 0 aliphatic carbocycles. The second-order valence-electron chi connectivity index (χ2n) is 4.44. The fraction of sp³-hybridized carbons (Fsp3) is 0.200. The highest BCUT2D eigenvalue weighted by Crippen LogP contribution is 2.30. The van der Waals surface area contributed by atoms with Gasteiger partial charge in [0.2, 0.25) is 0 Å². The Balaban J connectivity index is 2.28. The fourth-order valence-electron chi connectivity index (χ4n) is 2.13. The van der Waals surface area contributed by atoms with E-state index in [-0.39, 0.29) is 11.9 Å². The maximum atomic E-state index is 13.2. The molecule has 0 spiro atoms. The molecular formula is C15H16ClFN2O. The van der Waals surface area contributed by atoms with Gasteiger partial charge >= 0.3 is 0 Å². The van der Waals surface area contributed by atoms with Crippen molar-refractivity contribution in [2.75, 3.05) is 7.11 Å². The van der Waals surface area contributed by atoms with Gasteiger partial charge in [0, 0.05) is 10.6 Å². The maximum Gasteiger partial charge on any atom is 0.125 e. The third kappa shape index (κ3) is 3.48. The molecule has 0 aromatic heterocycles. The topological polar surface area (TPSA) is 47.3 Å². The summed E-state index contributed by atoms with van der Waals surface area (Å²) in [7, 11) is 1.57. The Morgan fingerprint density at radius 2 is 2.10 bits per heavy atom. The molecule has 3 nitrogen and oxygen atoms in total. The summed E-state index contributed by atoms with van der Waals surface area (Å²) in [5, 5.41) is 0.590. The number of hydrazine groups is 1. The summed E-state index contributed by atoms with van der Waals surface area (Å²) in [5.41, 5.74) is 4.47. The molecular weight excluding hydrogens is 279 g/mol. The highest BCUT2D eigenvalue weighted by molar-refractivity contribution is 6.30. The Morgan fingerprint density at radius 1 is 1.30 bits per heavy atom. The van der Waals surface area contributed by atoms with Crippen LogP contribution in [0, 0.1) is 5.82 Å². The van der Waals surface area contributed by atoms with Crippen LogP contribution in [0.4, 0.5) is 4.39 Å². The van der Waals surface area contributed by atoms with E-state index < -0.39 is 0 Å². The molecule has 5 heteroatoms. The van der Waals surface area contributed by atoms with Crippen molar-refractivity contribution in [1.82, 2.24) is 5.43 Å². The zero-order valence-electron chi connectivity index (χ0n) is 11.1. The number of nitrogens with one attached hydrogen (secondary N) is 1. The number of ether oxygens (including phenoxy) is 1. The third-order valence-electron chi connectivity index (χ3n) is 3.10. The maximum absolute atomic E-state index is 13.2. The highest BCUT2D eigenvalue weighted by Gasteiger charge is 2.16. The Bertz CT molecular complexity index is 592. The van der Waals surface area contributed by atoms with E-state index >= 15 is 0 Å². The standard InChI is InChI=1S/C15H16ClFN2O/c1-20-15-9-11(16)5-6-13(15)14(19-18)8-10-3-2-4-12(17)7-10/h2-7,9,14,19H,8,18H2,1H3. The second kappa shape index (κ2) is 6.70. The van der Waals surface area contributed by atoms with Crippen LogP contribution in [0.1, 0.15) is 17.2 Å². The number of nitrogens with two attached hydrogens (primary N) is 1. The molecule has 0 bridgehead atoms. The smallest absolute Gasteiger partial charge is 0.125 e. The van der Waals surface area contributed by atoms with Gasteiger partial charge in [0.1, 0.15) is 11.6 Å². The van der Waals surface area contributed by atoms with E-state index in [9.17, 15) is 4.39 Å². The van der Waals surface area contributed by atoms with Crippen molar-refractivity contribution in [3.63, 3.8) is 0 Å². The summed E-state index contributed by atoms with van der Waals surface area (Å²) in [6.07, 6.45) is 0.548. The Kier molecular flexibility index (Phi) is 4.95. The van der Waals surface area contributed by atoms with E-state index in [4.69, 9.17) is 22.2 Å². The van der Waals surface area contributed by atoms with E-state index in [2.05, 4.69) is 5.43 Å². The number of hydrogen-bond acceptors (Lipinski definition) is 3. The third-order valence-corrected chi connectivity index (χ3v) is 3.34.